The number of amides is 1. The quantitative estimate of drug-likeness (QED) is 0.741. The number of aromatic nitrogens is 4. The number of hydrogen-bond donors (Lipinski definition) is 1. The van der Waals surface area contributed by atoms with Crippen LogP contribution in [-0.2, 0) is 4.79 Å². The van der Waals surface area contributed by atoms with E-state index in [4.69, 9.17) is 5.73 Å². The van der Waals surface area contributed by atoms with Gasteiger partial charge in [0.15, 0.2) is 10.8 Å². The summed E-state index contributed by atoms with van der Waals surface area (Å²) in [6.45, 7) is 3.71. The molecule has 8 heteroatoms. The molecule has 0 saturated heterocycles. The van der Waals surface area contributed by atoms with Crippen LogP contribution < -0.4 is 5.73 Å². The van der Waals surface area contributed by atoms with Gasteiger partial charge in [-0.25, -0.2) is 9.37 Å². The van der Waals surface area contributed by atoms with Crippen molar-refractivity contribution in [1.29, 1.82) is 0 Å². The second-order valence-electron chi connectivity index (χ2n) is 5.07. The Labute approximate surface area is 135 Å². The number of primary amides is 1. The number of carbonyl (C=O) groups excluding carboxylic acids is 1. The summed E-state index contributed by atoms with van der Waals surface area (Å²) in [4.78, 5) is 16.2. The standard InChI is InChI=1S/C15H14FN5OS/c1-8-7-12-19-20-15(21(12)9(2)18-8)23-13(14(17)22)10-3-5-11(16)6-4-10/h3-7,13H,1-2H3,(H2,17,22). The molecule has 0 aliphatic carbocycles. The van der Waals surface area contributed by atoms with Gasteiger partial charge in [-0.1, -0.05) is 23.9 Å². The van der Waals surface area contributed by atoms with Gasteiger partial charge in [-0.15, -0.1) is 10.2 Å². The van der Waals surface area contributed by atoms with Crippen molar-refractivity contribution < 1.29 is 9.18 Å². The minimum absolute atomic E-state index is 0.370. The summed E-state index contributed by atoms with van der Waals surface area (Å²) in [6.07, 6.45) is 0. The van der Waals surface area contributed by atoms with Gasteiger partial charge in [0.2, 0.25) is 5.91 Å². The molecular formula is C15H14FN5OS. The Balaban J connectivity index is 2.01. The fourth-order valence-electron chi connectivity index (χ4n) is 2.31. The van der Waals surface area contributed by atoms with Crippen molar-refractivity contribution in [2.45, 2.75) is 24.3 Å². The summed E-state index contributed by atoms with van der Waals surface area (Å²) in [5.41, 5.74) is 7.60. The Kier molecular flexibility index (Phi) is 3.99. The van der Waals surface area contributed by atoms with Gasteiger partial charge in [0.05, 0.1) is 0 Å². The van der Waals surface area contributed by atoms with Gasteiger partial charge in [0.25, 0.3) is 0 Å². The summed E-state index contributed by atoms with van der Waals surface area (Å²) in [6, 6.07) is 7.47. The van der Waals surface area contributed by atoms with Crippen LogP contribution in [0.3, 0.4) is 0 Å². The first-order valence-corrected chi connectivity index (χ1v) is 7.74. The number of fused-ring (bicyclic) bond motifs is 1. The van der Waals surface area contributed by atoms with E-state index < -0.39 is 11.2 Å². The molecule has 1 unspecified atom stereocenters. The topological polar surface area (TPSA) is 86.2 Å². The van der Waals surface area contributed by atoms with Crippen molar-refractivity contribution in [2.24, 2.45) is 5.73 Å². The molecule has 3 rings (SSSR count). The van der Waals surface area contributed by atoms with E-state index in [1.807, 2.05) is 13.8 Å². The summed E-state index contributed by atoms with van der Waals surface area (Å²) in [7, 11) is 0. The zero-order chi connectivity index (χ0) is 16.6. The van der Waals surface area contributed by atoms with Crippen LogP contribution in [0.4, 0.5) is 4.39 Å². The maximum atomic E-state index is 13.1. The summed E-state index contributed by atoms with van der Waals surface area (Å²) in [5, 5.41) is 8.04. The summed E-state index contributed by atoms with van der Waals surface area (Å²) in [5.74, 6) is -0.184. The third-order valence-electron chi connectivity index (χ3n) is 3.31. The van der Waals surface area contributed by atoms with E-state index in [0.717, 1.165) is 23.3 Å². The molecule has 2 N–H and O–H groups in total. The lowest BCUT2D eigenvalue weighted by molar-refractivity contribution is -0.117. The molecule has 0 fully saturated rings. The van der Waals surface area contributed by atoms with E-state index in [0.29, 0.717) is 16.4 Å². The van der Waals surface area contributed by atoms with Crippen LogP contribution in [0.15, 0.2) is 35.5 Å². The zero-order valence-corrected chi connectivity index (χ0v) is 13.3. The highest BCUT2D eigenvalue weighted by atomic mass is 32.2. The van der Waals surface area contributed by atoms with Crippen molar-refractivity contribution in [3.8, 4) is 0 Å². The van der Waals surface area contributed by atoms with Crippen molar-refractivity contribution in [2.75, 3.05) is 0 Å². The van der Waals surface area contributed by atoms with Crippen LogP contribution in [-0.4, -0.2) is 25.5 Å². The Morgan fingerprint density at radius 3 is 2.61 bits per heavy atom. The fraction of sp³-hybridized carbons (Fsp3) is 0.200. The number of rotatable bonds is 4. The Morgan fingerprint density at radius 2 is 1.96 bits per heavy atom. The molecule has 118 valence electrons. The molecule has 23 heavy (non-hydrogen) atoms. The monoisotopic (exact) mass is 331 g/mol. The molecule has 0 aliphatic rings. The molecule has 0 spiro atoms. The third kappa shape index (κ3) is 3.02. The number of nitrogens with two attached hydrogens (primary N) is 1. The van der Waals surface area contributed by atoms with Crippen LogP contribution in [0.25, 0.3) is 5.65 Å². The first-order valence-electron chi connectivity index (χ1n) is 6.86. The Bertz CT molecular complexity index is 877. The highest BCUT2D eigenvalue weighted by molar-refractivity contribution is 8.00. The third-order valence-corrected chi connectivity index (χ3v) is 4.53. The molecule has 1 atom stereocenters. The normalized spacial score (nSPS) is 12.5. The maximum absolute atomic E-state index is 13.1. The van der Waals surface area contributed by atoms with E-state index in [9.17, 15) is 9.18 Å². The minimum atomic E-state index is -0.691. The lowest BCUT2D eigenvalue weighted by atomic mass is 10.1. The van der Waals surface area contributed by atoms with Gasteiger partial charge in [0, 0.05) is 11.8 Å². The second kappa shape index (κ2) is 5.96. The number of aryl methyl sites for hydroxylation is 2. The SMILES string of the molecule is Cc1cc2nnc(SC(C(N)=O)c3ccc(F)cc3)n2c(C)n1. The first kappa shape index (κ1) is 15.4. The van der Waals surface area contributed by atoms with Crippen molar-refractivity contribution >= 4 is 23.3 Å². The number of benzene rings is 1. The summed E-state index contributed by atoms with van der Waals surface area (Å²) < 4.78 is 14.8. The molecule has 3 aromatic rings. The van der Waals surface area contributed by atoms with Crippen molar-refractivity contribution in [1.82, 2.24) is 19.6 Å². The molecular weight excluding hydrogens is 317 g/mol. The van der Waals surface area contributed by atoms with E-state index in [-0.39, 0.29) is 5.82 Å². The van der Waals surface area contributed by atoms with Crippen LogP contribution in [0.5, 0.6) is 0 Å². The molecule has 2 heterocycles. The highest BCUT2D eigenvalue weighted by Gasteiger charge is 2.23. The zero-order valence-electron chi connectivity index (χ0n) is 12.5. The second-order valence-corrected chi connectivity index (χ2v) is 6.14. The highest BCUT2D eigenvalue weighted by Crippen LogP contribution is 2.34. The number of thioether (sulfide) groups is 1. The van der Waals surface area contributed by atoms with Crippen LogP contribution in [0, 0.1) is 19.7 Å². The van der Waals surface area contributed by atoms with Gasteiger partial charge in [-0.05, 0) is 31.5 Å². The first-order chi connectivity index (χ1) is 11.0. The van der Waals surface area contributed by atoms with E-state index >= 15 is 0 Å². The molecule has 6 nitrogen and oxygen atoms in total. The van der Waals surface area contributed by atoms with E-state index in [1.54, 1.807) is 10.5 Å². The van der Waals surface area contributed by atoms with Crippen LogP contribution in [0.2, 0.25) is 0 Å². The molecule has 0 saturated carbocycles. The lowest BCUT2D eigenvalue weighted by Crippen LogP contribution is -2.19. The van der Waals surface area contributed by atoms with Gasteiger partial charge in [-0.2, -0.15) is 0 Å². The fourth-order valence-corrected chi connectivity index (χ4v) is 3.35. The number of carbonyl (C=O) groups is 1. The van der Waals surface area contributed by atoms with E-state index in [2.05, 4.69) is 15.2 Å². The van der Waals surface area contributed by atoms with Gasteiger partial charge in [0.1, 0.15) is 16.9 Å². The Hall–Kier alpha value is -2.48. The number of hydrogen-bond acceptors (Lipinski definition) is 5. The average molecular weight is 331 g/mol. The minimum Gasteiger partial charge on any atom is -0.368 e. The molecule has 1 aromatic carbocycles. The maximum Gasteiger partial charge on any atom is 0.235 e. The van der Waals surface area contributed by atoms with Crippen LogP contribution >= 0.6 is 11.8 Å². The van der Waals surface area contributed by atoms with Gasteiger partial charge >= 0.3 is 0 Å². The van der Waals surface area contributed by atoms with Gasteiger partial charge < -0.3 is 5.73 Å². The van der Waals surface area contributed by atoms with E-state index in [1.165, 1.54) is 24.3 Å². The molecule has 1 amide bonds. The smallest absolute Gasteiger partial charge is 0.235 e. The number of halogens is 1. The lowest BCUT2D eigenvalue weighted by Gasteiger charge is -2.12. The van der Waals surface area contributed by atoms with Gasteiger partial charge in [-0.3, -0.25) is 9.20 Å². The average Bonchev–Trinajstić information content (AvgIpc) is 2.88. The largest absolute Gasteiger partial charge is 0.368 e. The molecule has 0 radical (unpaired) electrons. The van der Waals surface area contributed by atoms with Crippen molar-refractivity contribution in [3.63, 3.8) is 0 Å². The molecule has 2 aromatic heterocycles. The van der Waals surface area contributed by atoms with Crippen LogP contribution in [0.1, 0.15) is 22.3 Å². The molecule has 0 bridgehead atoms. The summed E-state index contributed by atoms with van der Waals surface area (Å²) >= 11 is 1.16. The predicted octanol–water partition coefficient (Wildman–Crippen LogP) is 2.20. The number of nitrogens with zero attached hydrogens (tertiary/aromatic N) is 4. The molecule has 0 aliphatic heterocycles. The Morgan fingerprint density at radius 1 is 1.26 bits per heavy atom. The predicted molar refractivity (Wildman–Crippen MR) is 84.4 cm³/mol. The van der Waals surface area contributed by atoms with Crippen molar-refractivity contribution in [3.05, 3.63) is 53.2 Å².